The van der Waals surface area contributed by atoms with Crippen LogP contribution in [0.2, 0.25) is 3.93 Å². The summed E-state index contributed by atoms with van der Waals surface area (Å²) >= 11 is 0.548. The van der Waals surface area contributed by atoms with E-state index in [9.17, 15) is 14.4 Å². The zero-order chi connectivity index (χ0) is 11.4. The van der Waals surface area contributed by atoms with Crippen molar-refractivity contribution in [2.24, 2.45) is 0 Å². The molecule has 8 heteroatoms. The molecule has 1 aliphatic rings. The van der Waals surface area contributed by atoms with Gasteiger partial charge in [0.25, 0.3) is 0 Å². The summed E-state index contributed by atoms with van der Waals surface area (Å²) in [4.78, 5) is 34.6. The zero-order valence-electron chi connectivity index (χ0n) is 8.99. The third-order valence-corrected chi connectivity index (χ3v) is 4.65. The summed E-state index contributed by atoms with van der Waals surface area (Å²) in [6.07, 6.45) is -0.357. The Morgan fingerprint density at radius 3 is 2.56 bits per heavy atom. The summed E-state index contributed by atoms with van der Waals surface area (Å²) in [5, 5.41) is 2.10. The minimum Gasteiger partial charge on any atom is -0.412 e. The average molecular weight is 418 g/mol. The van der Waals surface area contributed by atoms with E-state index in [2.05, 4.69) is 5.32 Å². The van der Waals surface area contributed by atoms with Crippen molar-refractivity contribution < 1.29 is 50.7 Å². The van der Waals surface area contributed by atoms with Gasteiger partial charge in [-0.25, -0.2) is 0 Å². The molecule has 1 fully saturated rings. The number of carbonyl (C=O) groups is 3. The van der Waals surface area contributed by atoms with Gasteiger partial charge in [-0.1, -0.05) is 0 Å². The number of amides is 4. The Hall–Kier alpha value is -0.535. The molecule has 0 bridgehead atoms. The molecule has 0 aliphatic carbocycles. The Kier molecular flexibility index (Phi) is 6.69. The molecule has 4 amide bonds. The summed E-state index contributed by atoms with van der Waals surface area (Å²) in [5.74, 6) is -0.988. The van der Waals surface area contributed by atoms with Gasteiger partial charge < -0.3 is 5.48 Å². The second-order valence-electron chi connectivity index (χ2n) is 3.18. The molecule has 0 aromatic rings. The number of ether oxygens (including phenoxy) is 1. The normalized spacial score (nSPS) is 17.9. The number of rotatable bonds is 4. The van der Waals surface area contributed by atoms with Gasteiger partial charge in [0.1, 0.15) is 0 Å². The van der Waals surface area contributed by atoms with E-state index < -0.39 is 17.8 Å². The van der Waals surface area contributed by atoms with Crippen LogP contribution in [0.3, 0.4) is 0 Å². The Labute approximate surface area is 109 Å². The van der Waals surface area contributed by atoms with Crippen LogP contribution in [0.15, 0.2) is 0 Å². The molecule has 1 aliphatic heterocycles. The first-order valence-electron chi connectivity index (χ1n) is 4.54. The van der Waals surface area contributed by atoms with E-state index in [0.29, 0.717) is 26.1 Å². The van der Waals surface area contributed by atoms with Gasteiger partial charge in [-0.05, 0) is 0 Å². The van der Waals surface area contributed by atoms with Crippen molar-refractivity contribution >= 4 is 17.8 Å². The molecule has 7 nitrogen and oxygen atoms in total. The number of barbiturate groups is 1. The number of nitrogens with one attached hydrogen (secondary N) is 1. The summed E-state index contributed by atoms with van der Waals surface area (Å²) in [7, 11) is 1.55. The first-order valence-corrected chi connectivity index (χ1v) is 8.43. The molecule has 16 heavy (non-hydrogen) atoms. The third-order valence-electron chi connectivity index (χ3n) is 2.15. The van der Waals surface area contributed by atoms with Gasteiger partial charge in [-0.15, -0.1) is 0 Å². The van der Waals surface area contributed by atoms with Crippen LogP contribution in [-0.2, 0) is 40.4 Å². The number of hydrogen-bond donors (Lipinski definition) is 1. The van der Waals surface area contributed by atoms with E-state index in [4.69, 9.17) is 4.74 Å². The molecule has 0 saturated carbocycles. The van der Waals surface area contributed by atoms with Crippen molar-refractivity contribution in [2.75, 3.05) is 13.7 Å². The summed E-state index contributed by atoms with van der Waals surface area (Å²) in [5.41, 5.74) is 0. The fourth-order valence-electron chi connectivity index (χ4n) is 1.25. The van der Waals surface area contributed by atoms with E-state index in [0.717, 1.165) is 8.83 Å². The van der Waals surface area contributed by atoms with Crippen LogP contribution < -0.4 is 5.32 Å². The number of methoxy groups -OCH3 is 1. The predicted octanol–water partition coefficient (Wildman–Crippen LogP) is -1.39. The van der Waals surface area contributed by atoms with Crippen LogP contribution >= 0.6 is 0 Å². The van der Waals surface area contributed by atoms with E-state index in [1.807, 2.05) is 0 Å². The molecule has 87 valence electrons. The van der Waals surface area contributed by atoms with Crippen LogP contribution in [0.4, 0.5) is 4.79 Å². The largest absolute Gasteiger partial charge is 0.412 e. The molecule has 0 aromatic carbocycles. The predicted molar refractivity (Wildman–Crippen MR) is 49.1 cm³/mol. The molecule has 1 unspecified atom stereocenters. The molecule has 0 radical (unpaired) electrons. The SMILES string of the molecule is COC([CH2][Hg])CN1C(=O)CC(=O)NC1=O.O. The molecular formula is C8H13HgN2O5. The van der Waals surface area contributed by atoms with Gasteiger partial charge in [0.05, 0.1) is 0 Å². The zero-order valence-corrected chi connectivity index (χ0v) is 14.5. The molecule has 1 atom stereocenters. The topological polar surface area (TPSA) is 107 Å². The van der Waals surface area contributed by atoms with Crippen molar-refractivity contribution in [3.63, 3.8) is 0 Å². The molecule has 3 N–H and O–H groups in total. The Morgan fingerprint density at radius 1 is 1.50 bits per heavy atom. The fourth-order valence-corrected chi connectivity index (χ4v) is 2.88. The second kappa shape index (κ2) is 6.92. The van der Waals surface area contributed by atoms with Gasteiger partial charge in [0.15, 0.2) is 0 Å². The van der Waals surface area contributed by atoms with Crippen molar-refractivity contribution in [3.05, 3.63) is 0 Å². The number of hydrogen-bond acceptors (Lipinski definition) is 4. The summed E-state index contributed by atoms with van der Waals surface area (Å²) in [6, 6.07) is -0.639. The van der Waals surface area contributed by atoms with Crippen LogP contribution in [0.1, 0.15) is 6.42 Å². The molecule has 0 spiro atoms. The monoisotopic (exact) mass is 419 g/mol. The van der Waals surface area contributed by atoms with Crippen molar-refractivity contribution in [2.45, 2.75) is 16.5 Å². The Balaban J connectivity index is 0.00000225. The molecule has 0 aromatic heterocycles. The van der Waals surface area contributed by atoms with E-state index >= 15 is 0 Å². The van der Waals surface area contributed by atoms with E-state index in [1.54, 1.807) is 7.11 Å². The van der Waals surface area contributed by atoms with E-state index in [-0.39, 0.29) is 24.5 Å². The van der Waals surface area contributed by atoms with Gasteiger partial charge in [0.2, 0.25) is 0 Å². The summed E-state index contributed by atoms with van der Waals surface area (Å²) in [6.45, 7) is 0.234. The first kappa shape index (κ1) is 15.5. The molecular weight excluding hydrogens is 405 g/mol. The number of nitrogens with zero attached hydrogens (tertiary/aromatic N) is 1. The molecule has 1 heterocycles. The van der Waals surface area contributed by atoms with Crippen molar-refractivity contribution in [3.8, 4) is 0 Å². The minimum absolute atomic E-state index is 0. The molecule has 1 rings (SSSR count). The van der Waals surface area contributed by atoms with Gasteiger partial charge >= 0.3 is 103 Å². The first-order chi connectivity index (χ1) is 7.08. The van der Waals surface area contributed by atoms with Gasteiger partial charge in [-0.2, -0.15) is 0 Å². The van der Waals surface area contributed by atoms with Crippen LogP contribution in [0.25, 0.3) is 0 Å². The smallest absolute Gasteiger partial charge is 0.412 e. The van der Waals surface area contributed by atoms with E-state index in [1.165, 1.54) is 0 Å². The van der Waals surface area contributed by atoms with Crippen LogP contribution in [-0.4, -0.2) is 48.0 Å². The Bertz CT molecular complexity index is 272. The Morgan fingerprint density at radius 2 is 2.12 bits per heavy atom. The number of carbonyl (C=O) groups excluding carboxylic acids is 3. The minimum atomic E-state index is -0.639. The van der Waals surface area contributed by atoms with Crippen molar-refractivity contribution in [1.82, 2.24) is 10.2 Å². The van der Waals surface area contributed by atoms with Crippen molar-refractivity contribution in [1.29, 1.82) is 0 Å². The standard InChI is InChI=1S/C8H11N2O4.Hg.H2O/c1-5(14-2)4-10-7(12)3-6(11)9-8(10)13;;/h5H,1,3-4H2,2H3,(H,9,11,13);;1H2. The summed E-state index contributed by atoms with van der Waals surface area (Å²) < 4.78 is 6.01. The maximum Gasteiger partial charge on any atom is -0.412 e. The quantitative estimate of drug-likeness (QED) is 0.449. The van der Waals surface area contributed by atoms with Crippen LogP contribution in [0, 0.1) is 0 Å². The van der Waals surface area contributed by atoms with Crippen LogP contribution in [0.5, 0.6) is 0 Å². The molecule has 1 saturated heterocycles. The second-order valence-corrected chi connectivity index (χ2v) is 5.43. The fraction of sp³-hybridized carbons (Fsp3) is 0.625. The number of imide groups is 2. The van der Waals surface area contributed by atoms with Gasteiger partial charge in [0, 0.05) is 0 Å². The maximum atomic E-state index is 11.4. The maximum absolute atomic E-state index is 11.4. The average Bonchev–Trinajstić information content (AvgIpc) is 2.17. The van der Waals surface area contributed by atoms with Gasteiger partial charge in [-0.3, -0.25) is 0 Å². The third kappa shape index (κ3) is 3.80. The number of urea groups is 1.